The molecule has 1 aliphatic heterocycles. The Morgan fingerprint density at radius 3 is 2.61 bits per heavy atom. The summed E-state index contributed by atoms with van der Waals surface area (Å²) in [6.07, 6.45) is -2.02. The maximum Gasteiger partial charge on any atom is 0.406 e. The number of carbonyl (C=O) groups is 1. The summed E-state index contributed by atoms with van der Waals surface area (Å²) in [6, 6.07) is 8.14. The molecule has 0 aromatic heterocycles. The number of guanidine groups is 1. The predicted molar refractivity (Wildman–Crippen MR) is 104 cm³/mol. The molecule has 1 amide bonds. The highest BCUT2D eigenvalue weighted by Crippen LogP contribution is 2.24. The van der Waals surface area contributed by atoms with Crippen LogP contribution in [0.1, 0.15) is 31.4 Å². The highest BCUT2D eigenvalue weighted by atomic mass is 19.4. The van der Waals surface area contributed by atoms with Crippen molar-refractivity contribution in [2.24, 2.45) is 4.99 Å². The minimum absolute atomic E-state index is 0.0863. The van der Waals surface area contributed by atoms with Gasteiger partial charge >= 0.3 is 6.18 Å². The third-order valence-corrected chi connectivity index (χ3v) is 4.67. The zero-order chi connectivity index (χ0) is 20.7. The van der Waals surface area contributed by atoms with E-state index in [4.69, 9.17) is 0 Å². The van der Waals surface area contributed by atoms with Crippen LogP contribution >= 0.6 is 0 Å². The average Bonchev–Trinajstić information content (AvgIpc) is 3.18. The van der Waals surface area contributed by atoms with Gasteiger partial charge < -0.3 is 20.4 Å². The van der Waals surface area contributed by atoms with Crippen LogP contribution < -0.4 is 15.5 Å². The summed E-state index contributed by atoms with van der Waals surface area (Å²) in [5.41, 5.74) is 2.24. The van der Waals surface area contributed by atoms with E-state index in [0.29, 0.717) is 10.9 Å². The van der Waals surface area contributed by atoms with Gasteiger partial charge in [-0.1, -0.05) is 12.1 Å². The van der Waals surface area contributed by atoms with Crippen LogP contribution in [-0.4, -0.2) is 63.2 Å². The Morgan fingerprint density at radius 1 is 1.32 bits per heavy atom. The molecule has 1 aliphatic rings. The molecule has 1 aromatic carbocycles. The molecule has 0 saturated carbocycles. The number of carbonyl (C=O) groups excluding carboxylic acids is 1. The summed E-state index contributed by atoms with van der Waals surface area (Å²) in [4.78, 5) is 18.9. The lowest BCUT2D eigenvalue weighted by atomic mass is 10.1. The largest absolute Gasteiger partial charge is 0.406 e. The molecule has 1 aromatic rings. The Labute approximate surface area is 163 Å². The van der Waals surface area contributed by atoms with E-state index in [9.17, 15) is 18.0 Å². The zero-order valence-corrected chi connectivity index (χ0v) is 16.5. The fraction of sp³-hybridized carbons (Fsp3) is 0.579. The number of alkyl halides is 3. The zero-order valence-electron chi connectivity index (χ0n) is 16.5. The lowest BCUT2D eigenvalue weighted by Gasteiger charge is -2.23. The van der Waals surface area contributed by atoms with Crippen LogP contribution in [0.4, 0.5) is 18.9 Å². The average molecular weight is 399 g/mol. The summed E-state index contributed by atoms with van der Waals surface area (Å²) < 4.78 is 37.1. The highest BCUT2D eigenvalue weighted by molar-refractivity contribution is 5.86. The normalized spacial score (nSPS) is 16.1. The summed E-state index contributed by atoms with van der Waals surface area (Å²) in [6.45, 7) is 2.53. The van der Waals surface area contributed by atoms with E-state index in [-0.39, 0.29) is 12.6 Å². The first-order chi connectivity index (χ1) is 13.2. The Hall–Kier alpha value is -2.45. The smallest absolute Gasteiger partial charge is 0.372 e. The molecule has 1 atom stereocenters. The second-order valence-corrected chi connectivity index (χ2v) is 6.95. The molecule has 156 valence electrons. The second kappa shape index (κ2) is 9.66. The number of nitrogens with one attached hydrogen (secondary N) is 2. The number of nitrogens with zero attached hydrogens (tertiary/aromatic N) is 3. The Kier molecular flexibility index (Phi) is 7.53. The topological polar surface area (TPSA) is 60.0 Å². The molecule has 1 fully saturated rings. The van der Waals surface area contributed by atoms with E-state index < -0.39 is 18.6 Å². The lowest BCUT2D eigenvalue weighted by molar-refractivity contribution is -0.157. The van der Waals surface area contributed by atoms with Gasteiger partial charge in [-0.3, -0.25) is 9.79 Å². The van der Waals surface area contributed by atoms with Crippen LogP contribution in [0.15, 0.2) is 29.3 Å². The lowest BCUT2D eigenvalue weighted by Crippen LogP contribution is -2.46. The minimum Gasteiger partial charge on any atom is -0.372 e. The standard InChI is InChI=1S/C19H28F3N5O/c1-14(15-7-6-8-16(11-15)27-9-4-5-10-27)25-18(23-2)24-12-17(28)26(3)13-19(20,21)22/h6-8,11,14H,4-5,9-10,12-13H2,1-3H3,(H2,23,24,25). The molecule has 0 spiro atoms. The highest BCUT2D eigenvalue weighted by Gasteiger charge is 2.31. The van der Waals surface area contributed by atoms with Gasteiger partial charge in [0.25, 0.3) is 0 Å². The van der Waals surface area contributed by atoms with E-state index in [0.717, 1.165) is 25.7 Å². The van der Waals surface area contributed by atoms with Crippen LogP contribution in [0.2, 0.25) is 0 Å². The van der Waals surface area contributed by atoms with Crippen LogP contribution in [-0.2, 0) is 4.79 Å². The van der Waals surface area contributed by atoms with Gasteiger partial charge in [0, 0.05) is 32.9 Å². The maximum atomic E-state index is 12.4. The van der Waals surface area contributed by atoms with Gasteiger partial charge in [-0.25, -0.2) is 0 Å². The molecule has 1 unspecified atom stereocenters. The van der Waals surface area contributed by atoms with Crippen molar-refractivity contribution in [3.63, 3.8) is 0 Å². The van der Waals surface area contributed by atoms with Crippen LogP contribution in [0.5, 0.6) is 0 Å². The molecular weight excluding hydrogens is 371 g/mol. The van der Waals surface area contributed by atoms with E-state index in [1.807, 2.05) is 19.1 Å². The summed E-state index contributed by atoms with van der Waals surface area (Å²) in [5.74, 6) is -0.309. The van der Waals surface area contributed by atoms with Crippen molar-refractivity contribution in [3.8, 4) is 0 Å². The van der Waals surface area contributed by atoms with Crippen LogP contribution in [0.25, 0.3) is 0 Å². The van der Waals surface area contributed by atoms with E-state index in [2.05, 4.69) is 32.7 Å². The molecule has 1 heterocycles. The van der Waals surface area contributed by atoms with Gasteiger partial charge in [0.1, 0.15) is 6.54 Å². The number of amides is 1. The minimum atomic E-state index is -4.42. The van der Waals surface area contributed by atoms with Crippen molar-refractivity contribution < 1.29 is 18.0 Å². The van der Waals surface area contributed by atoms with Gasteiger partial charge in [-0.2, -0.15) is 13.2 Å². The number of rotatable bonds is 6. The monoisotopic (exact) mass is 399 g/mol. The molecular formula is C19H28F3N5O. The van der Waals surface area contributed by atoms with E-state index in [1.54, 1.807) is 7.05 Å². The Morgan fingerprint density at radius 2 is 2.00 bits per heavy atom. The fourth-order valence-corrected chi connectivity index (χ4v) is 3.10. The fourth-order valence-electron chi connectivity index (χ4n) is 3.10. The summed E-state index contributed by atoms with van der Waals surface area (Å²) in [5, 5.41) is 5.95. The van der Waals surface area contributed by atoms with Crippen molar-refractivity contribution in [2.75, 3.05) is 45.2 Å². The summed E-state index contributed by atoms with van der Waals surface area (Å²) in [7, 11) is 2.67. The number of halogens is 3. The number of hydrogen-bond acceptors (Lipinski definition) is 3. The number of likely N-dealkylation sites (N-methyl/N-ethyl adjacent to an activating group) is 1. The molecule has 0 bridgehead atoms. The molecule has 0 aliphatic carbocycles. The predicted octanol–water partition coefficient (Wildman–Crippen LogP) is 2.53. The maximum absolute atomic E-state index is 12.4. The molecule has 0 radical (unpaired) electrons. The SMILES string of the molecule is CN=C(NCC(=O)N(C)CC(F)(F)F)NC(C)c1cccc(N2CCCC2)c1. The van der Waals surface area contributed by atoms with Crippen molar-refractivity contribution in [1.82, 2.24) is 15.5 Å². The van der Waals surface area contributed by atoms with Crippen molar-refractivity contribution >= 4 is 17.6 Å². The van der Waals surface area contributed by atoms with Gasteiger partial charge in [0.15, 0.2) is 5.96 Å². The Balaban J connectivity index is 1.90. The number of benzene rings is 1. The van der Waals surface area contributed by atoms with Gasteiger partial charge in [0.05, 0.1) is 12.6 Å². The van der Waals surface area contributed by atoms with Gasteiger partial charge in [-0.15, -0.1) is 0 Å². The van der Waals surface area contributed by atoms with Crippen LogP contribution in [0, 0.1) is 0 Å². The molecule has 28 heavy (non-hydrogen) atoms. The van der Waals surface area contributed by atoms with E-state index >= 15 is 0 Å². The summed E-state index contributed by atoms with van der Waals surface area (Å²) >= 11 is 0. The van der Waals surface area contributed by atoms with Gasteiger partial charge in [-0.05, 0) is 37.5 Å². The number of hydrogen-bond donors (Lipinski definition) is 2. The van der Waals surface area contributed by atoms with Gasteiger partial charge in [0.2, 0.25) is 5.91 Å². The molecule has 2 rings (SSSR count). The van der Waals surface area contributed by atoms with Crippen molar-refractivity contribution in [2.45, 2.75) is 32.0 Å². The Bertz CT molecular complexity index is 686. The van der Waals surface area contributed by atoms with Crippen molar-refractivity contribution in [1.29, 1.82) is 0 Å². The van der Waals surface area contributed by atoms with Crippen LogP contribution in [0.3, 0.4) is 0 Å². The number of anilines is 1. The quantitative estimate of drug-likeness (QED) is 0.570. The molecule has 6 nitrogen and oxygen atoms in total. The van der Waals surface area contributed by atoms with E-state index in [1.165, 1.54) is 18.5 Å². The first kappa shape index (κ1) is 21.8. The first-order valence-electron chi connectivity index (χ1n) is 9.32. The van der Waals surface area contributed by atoms with Crippen molar-refractivity contribution in [3.05, 3.63) is 29.8 Å². The third-order valence-electron chi connectivity index (χ3n) is 4.67. The third kappa shape index (κ3) is 6.61. The first-order valence-corrected chi connectivity index (χ1v) is 9.32. The number of aliphatic imine (C=N–C) groups is 1. The second-order valence-electron chi connectivity index (χ2n) is 6.95. The molecule has 2 N–H and O–H groups in total. The molecule has 9 heteroatoms. The molecule has 1 saturated heterocycles.